The predicted octanol–water partition coefficient (Wildman–Crippen LogP) is 5.69. The molecule has 0 N–H and O–H groups in total. The zero-order valence-corrected chi connectivity index (χ0v) is 21.0. The van der Waals surface area contributed by atoms with Gasteiger partial charge in [0.1, 0.15) is 17.6 Å². The van der Waals surface area contributed by atoms with E-state index in [0.29, 0.717) is 25.4 Å². The summed E-state index contributed by atoms with van der Waals surface area (Å²) in [7, 11) is 3.27. The molecule has 1 heterocycles. The van der Waals surface area contributed by atoms with Gasteiger partial charge in [0.05, 0.1) is 39.6 Å². The molecule has 0 unspecified atom stereocenters. The molecule has 6 nitrogen and oxygen atoms in total. The minimum absolute atomic E-state index is 0.262. The Morgan fingerprint density at radius 3 is 2.59 bits per heavy atom. The molecule has 0 aliphatic carbocycles. The van der Waals surface area contributed by atoms with E-state index < -0.39 is 12.1 Å². The fourth-order valence-electron chi connectivity index (χ4n) is 3.68. The fraction of sp³-hybridized carbons (Fsp3) is 0.464. The van der Waals surface area contributed by atoms with Crippen molar-refractivity contribution in [3.05, 3.63) is 77.6 Å². The number of rotatable bonds is 10. The average molecular weight is 471 g/mol. The van der Waals surface area contributed by atoms with Gasteiger partial charge in [-0.3, -0.25) is 0 Å². The van der Waals surface area contributed by atoms with Gasteiger partial charge in [0.2, 0.25) is 0 Å². The first-order chi connectivity index (χ1) is 16.4. The molecular formula is C28H38O6. The molecule has 1 aromatic carbocycles. The lowest BCUT2D eigenvalue weighted by Crippen LogP contribution is -2.33. The van der Waals surface area contributed by atoms with Crippen molar-refractivity contribution in [2.45, 2.75) is 65.0 Å². The molecule has 2 rings (SSSR count). The van der Waals surface area contributed by atoms with Gasteiger partial charge in [0, 0.05) is 6.08 Å². The van der Waals surface area contributed by atoms with E-state index in [0.717, 1.165) is 29.7 Å². The number of carbonyl (C=O) groups is 1. The number of benzene rings is 1. The molecule has 34 heavy (non-hydrogen) atoms. The van der Waals surface area contributed by atoms with Gasteiger partial charge in [0.25, 0.3) is 0 Å². The third-order valence-corrected chi connectivity index (χ3v) is 5.48. The Balaban J connectivity index is 2.30. The van der Waals surface area contributed by atoms with Crippen LogP contribution in [0, 0.1) is 0 Å². The van der Waals surface area contributed by atoms with Crippen molar-refractivity contribution in [2.24, 2.45) is 0 Å². The summed E-state index contributed by atoms with van der Waals surface area (Å²) in [5.41, 5.74) is 3.07. The summed E-state index contributed by atoms with van der Waals surface area (Å²) >= 11 is 0. The summed E-state index contributed by atoms with van der Waals surface area (Å²) in [6.07, 6.45) is 8.64. The monoisotopic (exact) mass is 470 g/mol. The summed E-state index contributed by atoms with van der Waals surface area (Å²) < 4.78 is 28.6. The zero-order valence-electron chi connectivity index (χ0n) is 21.0. The summed E-state index contributed by atoms with van der Waals surface area (Å²) in [6, 6.07) is 7.78. The average Bonchev–Trinajstić information content (AvgIpc) is 2.89. The number of ether oxygens (including phenoxy) is 5. The Labute approximate surface area is 203 Å². The SMILES string of the molecule is C=C(C)/C(=C/[C@H]1C/C(C)=C\CC[C@@H](OCc2ccc(OC)cc2)[C@@H](/C=C/C(=O)OCC)O1)OC. The van der Waals surface area contributed by atoms with Crippen molar-refractivity contribution in [3.63, 3.8) is 0 Å². The lowest BCUT2D eigenvalue weighted by atomic mass is 10.1. The van der Waals surface area contributed by atoms with Gasteiger partial charge in [-0.05, 0) is 75.5 Å². The third-order valence-electron chi connectivity index (χ3n) is 5.48. The number of methoxy groups -OCH3 is 2. The van der Waals surface area contributed by atoms with Gasteiger partial charge in [-0.2, -0.15) is 0 Å². The van der Waals surface area contributed by atoms with Crippen molar-refractivity contribution in [1.82, 2.24) is 0 Å². The molecule has 1 aliphatic heterocycles. The van der Waals surface area contributed by atoms with Crippen molar-refractivity contribution < 1.29 is 28.5 Å². The molecule has 3 atom stereocenters. The van der Waals surface area contributed by atoms with E-state index >= 15 is 0 Å². The maximum Gasteiger partial charge on any atom is 0.330 e. The summed E-state index contributed by atoms with van der Waals surface area (Å²) in [4.78, 5) is 12.0. The minimum Gasteiger partial charge on any atom is -0.497 e. The van der Waals surface area contributed by atoms with Crippen LogP contribution in [0.2, 0.25) is 0 Å². The summed E-state index contributed by atoms with van der Waals surface area (Å²) in [6.45, 7) is 10.5. The molecule has 0 spiro atoms. The molecular weight excluding hydrogens is 432 g/mol. The van der Waals surface area contributed by atoms with Crippen LogP contribution in [0.4, 0.5) is 0 Å². The molecule has 0 bridgehead atoms. The first-order valence-electron chi connectivity index (χ1n) is 11.7. The van der Waals surface area contributed by atoms with E-state index in [2.05, 4.69) is 19.6 Å². The molecule has 0 fully saturated rings. The fourth-order valence-corrected chi connectivity index (χ4v) is 3.68. The van der Waals surface area contributed by atoms with Crippen molar-refractivity contribution in [3.8, 4) is 5.75 Å². The van der Waals surface area contributed by atoms with Crippen LogP contribution in [-0.4, -0.2) is 45.1 Å². The van der Waals surface area contributed by atoms with E-state index in [4.69, 9.17) is 23.7 Å². The number of hydrogen-bond donors (Lipinski definition) is 0. The van der Waals surface area contributed by atoms with Crippen LogP contribution in [0.15, 0.2) is 72.1 Å². The topological polar surface area (TPSA) is 63.2 Å². The quantitative estimate of drug-likeness (QED) is 0.144. The highest BCUT2D eigenvalue weighted by molar-refractivity contribution is 5.81. The normalized spacial score (nSPS) is 23.3. The second-order valence-corrected chi connectivity index (χ2v) is 8.30. The Bertz CT molecular complexity index is 881. The summed E-state index contributed by atoms with van der Waals surface area (Å²) in [5, 5.41) is 0. The summed E-state index contributed by atoms with van der Waals surface area (Å²) in [5.74, 6) is 1.08. The van der Waals surface area contributed by atoms with Crippen LogP contribution in [0.25, 0.3) is 0 Å². The highest BCUT2D eigenvalue weighted by atomic mass is 16.5. The standard InChI is InChI=1S/C28H38O6/c1-7-32-28(29)16-15-26-25(33-19-22-11-13-23(30-5)14-12-22)10-8-9-21(4)17-24(34-26)18-27(31-6)20(2)3/h9,11-16,18,24-26H,2,7-8,10,17,19H2,1,3-6H3/b16-15+,21-9-,27-18-/t24-,25-,26-/m1/s1. The van der Waals surface area contributed by atoms with Gasteiger partial charge in [-0.25, -0.2) is 4.79 Å². The van der Waals surface area contributed by atoms with E-state index in [1.54, 1.807) is 27.2 Å². The van der Waals surface area contributed by atoms with Crippen LogP contribution in [-0.2, 0) is 30.3 Å². The van der Waals surface area contributed by atoms with Crippen LogP contribution in [0.3, 0.4) is 0 Å². The predicted molar refractivity (Wildman–Crippen MR) is 134 cm³/mol. The van der Waals surface area contributed by atoms with Crippen molar-refractivity contribution in [2.75, 3.05) is 20.8 Å². The molecule has 0 aromatic heterocycles. The van der Waals surface area contributed by atoms with Crippen LogP contribution >= 0.6 is 0 Å². The van der Waals surface area contributed by atoms with Gasteiger partial charge in [0.15, 0.2) is 0 Å². The molecule has 0 radical (unpaired) electrons. The highest BCUT2D eigenvalue weighted by Gasteiger charge is 2.26. The maximum absolute atomic E-state index is 12.0. The lowest BCUT2D eigenvalue weighted by Gasteiger charge is -2.28. The second-order valence-electron chi connectivity index (χ2n) is 8.30. The molecule has 186 valence electrons. The second kappa shape index (κ2) is 14.4. The van der Waals surface area contributed by atoms with Crippen LogP contribution in [0.1, 0.15) is 45.6 Å². The Morgan fingerprint density at radius 1 is 1.24 bits per heavy atom. The van der Waals surface area contributed by atoms with Crippen LogP contribution in [0.5, 0.6) is 5.75 Å². The first-order valence-corrected chi connectivity index (χ1v) is 11.7. The van der Waals surface area contributed by atoms with E-state index in [1.807, 2.05) is 37.3 Å². The number of hydrogen-bond acceptors (Lipinski definition) is 6. The molecule has 1 aromatic rings. The van der Waals surface area contributed by atoms with Gasteiger partial charge < -0.3 is 23.7 Å². The Morgan fingerprint density at radius 2 is 1.97 bits per heavy atom. The Kier molecular flexibility index (Phi) is 11.6. The van der Waals surface area contributed by atoms with Gasteiger partial charge in [-0.1, -0.05) is 30.4 Å². The molecule has 0 amide bonds. The third kappa shape index (κ3) is 9.20. The molecule has 6 heteroatoms. The first kappa shape index (κ1) is 27.4. The Hall–Kier alpha value is -2.83. The number of esters is 1. The zero-order chi connectivity index (χ0) is 24.9. The maximum atomic E-state index is 12.0. The van der Waals surface area contributed by atoms with E-state index in [-0.39, 0.29) is 12.2 Å². The minimum atomic E-state index is -0.452. The van der Waals surface area contributed by atoms with Crippen LogP contribution < -0.4 is 4.74 Å². The number of allylic oxidation sites excluding steroid dienone is 2. The van der Waals surface area contributed by atoms with Gasteiger partial charge >= 0.3 is 5.97 Å². The highest BCUT2D eigenvalue weighted by Crippen LogP contribution is 2.25. The van der Waals surface area contributed by atoms with Crippen molar-refractivity contribution >= 4 is 5.97 Å². The smallest absolute Gasteiger partial charge is 0.330 e. The van der Waals surface area contributed by atoms with E-state index in [9.17, 15) is 4.79 Å². The van der Waals surface area contributed by atoms with E-state index in [1.165, 1.54) is 11.6 Å². The molecule has 0 saturated carbocycles. The van der Waals surface area contributed by atoms with Gasteiger partial charge in [-0.15, -0.1) is 0 Å². The van der Waals surface area contributed by atoms with Crippen molar-refractivity contribution in [1.29, 1.82) is 0 Å². The lowest BCUT2D eigenvalue weighted by molar-refractivity contribution is -0.137. The molecule has 0 saturated heterocycles. The number of carbonyl (C=O) groups excluding carboxylic acids is 1. The largest absolute Gasteiger partial charge is 0.497 e. The molecule has 1 aliphatic rings.